The number of carboxylic acids is 1. The van der Waals surface area contributed by atoms with Crippen molar-refractivity contribution >= 4 is 5.97 Å². The fourth-order valence-electron chi connectivity index (χ4n) is 2.91. The van der Waals surface area contributed by atoms with Crippen molar-refractivity contribution in [2.45, 2.75) is 63.6 Å². The zero-order chi connectivity index (χ0) is 12.6. The predicted molar refractivity (Wildman–Crippen MR) is 66.8 cm³/mol. The second kappa shape index (κ2) is 4.58. The van der Waals surface area contributed by atoms with Crippen molar-refractivity contribution in [1.29, 1.82) is 0 Å². The van der Waals surface area contributed by atoms with Gasteiger partial charge in [0.25, 0.3) is 0 Å². The van der Waals surface area contributed by atoms with Gasteiger partial charge < -0.3 is 10.8 Å². The number of rotatable bonds is 5. The van der Waals surface area contributed by atoms with E-state index >= 15 is 0 Å². The number of hydrogen-bond acceptors (Lipinski definition) is 3. The van der Waals surface area contributed by atoms with Gasteiger partial charge in [-0.15, -0.1) is 0 Å². The highest BCUT2D eigenvalue weighted by molar-refractivity contribution is 5.79. The molecule has 2 unspecified atom stereocenters. The van der Waals surface area contributed by atoms with E-state index in [0.29, 0.717) is 24.9 Å². The highest BCUT2D eigenvalue weighted by Crippen LogP contribution is 2.36. The molecule has 98 valence electrons. The van der Waals surface area contributed by atoms with E-state index in [1.54, 1.807) is 0 Å². The van der Waals surface area contributed by atoms with Crippen LogP contribution in [0, 0.1) is 5.92 Å². The largest absolute Gasteiger partial charge is 0.480 e. The molecule has 2 rings (SSSR count). The Hall–Kier alpha value is -0.610. The molecule has 2 fully saturated rings. The average molecular weight is 240 g/mol. The maximum atomic E-state index is 11.2. The molecular weight excluding hydrogens is 216 g/mol. The van der Waals surface area contributed by atoms with Gasteiger partial charge in [-0.1, -0.05) is 0 Å². The Morgan fingerprint density at radius 2 is 2.12 bits per heavy atom. The molecule has 2 aliphatic rings. The third-order valence-electron chi connectivity index (χ3n) is 4.25. The Morgan fingerprint density at radius 1 is 1.47 bits per heavy atom. The Morgan fingerprint density at radius 3 is 2.53 bits per heavy atom. The Kier molecular flexibility index (Phi) is 3.46. The van der Waals surface area contributed by atoms with Crippen molar-refractivity contribution in [3.63, 3.8) is 0 Å². The van der Waals surface area contributed by atoms with Crippen molar-refractivity contribution in [2.24, 2.45) is 11.7 Å². The zero-order valence-electron chi connectivity index (χ0n) is 10.9. The van der Waals surface area contributed by atoms with Crippen molar-refractivity contribution in [2.75, 3.05) is 6.54 Å². The number of nitrogens with two attached hydrogens (primary N) is 1. The van der Waals surface area contributed by atoms with Gasteiger partial charge in [-0.25, -0.2) is 0 Å². The SMILES string of the molecule is CC(C)N(CC1CC1)C1CCC(N)(C(=O)O)C1. The van der Waals surface area contributed by atoms with Crippen LogP contribution in [0.1, 0.15) is 46.0 Å². The fraction of sp³-hybridized carbons (Fsp3) is 0.923. The second-order valence-corrected chi connectivity index (χ2v) is 6.09. The van der Waals surface area contributed by atoms with Gasteiger partial charge in [-0.2, -0.15) is 0 Å². The van der Waals surface area contributed by atoms with Crippen molar-refractivity contribution in [1.82, 2.24) is 4.90 Å². The molecule has 0 amide bonds. The fourth-order valence-corrected chi connectivity index (χ4v) is 2.91. The number of aliphatic carboxylic acids is 1. The molecule has 0 spiro atoms. The first-order chi connectivity index (χ1) is 7.92. The summed E-state index contributed by atoms with van der Waals surface area (Å²) in [6.07, 6.45) is 4.81. The van der Waals surface area contributed by atoms with Crippen molar-refractivity contribution in [3.8, 4) is 0 Å². The molecule has 2 saturated carbocycles. The van der Waals surface area contributed by atoms with Gasteiger partial charge in [0, 0.05) is 18.6 Å². The second-order valence-electron chi connectivity index (χ2n) is 6.09. The van der Waals surface area contributed by atoms with E-state index in [2.05, 4.69) is 18.7 Å². The molecule has 0 aliphatic heterocycles. The van der Waals surface area contributed by atoms with Gasteiger partial charge in [0.05, 0.1) is 0 Å². The maximum absolute atomic E-state index is 11.2. The normalized spacial score (nSPS) is 33.6. The highest BCUT2D eigenvalue weighted by Gasteiger charge is 2.45. The van der Waals surface area contributed by atoms with Crippen LogP contribution in [0.25, 0.3) is 0 Å². The topological polar surface area (TPSA) is 66.6 Å². The molecule has 0 saturated heterocycles. The first kappa shape index (κ1) is 12.8. The number of nitrogens with zero attached hydrogens (tertiary/aromatic N) is 1. The molecule has 0 bridgehead atoms. The van der Waals surface area contributed by atoms with E-state index in [1.165, 1.54) is 12.8 Å². The molecule has 17 heavy (non-hydrogen) atoms. The molecule has 2 atom stereocenters. The quantitative estimate of drug-likeness (QED) is 0.763. The summed E-state index contributed by atoms with van der Waals surface area (Å²) in [6.45, 7) is 5.51. The van der Waals surface area contributed by atoms with E-state index in [-0.39, 0.29) is 0 Å². The first-order valence-corrected chi connectivity index (χ1v) is 6.70. The summed E-state index contributed by atoms with van der Waals surface area (Å²) >= 11 is 0. The summed E-state index contributed by atoms with van der Waals surface area (Å²) in [6, 6.07) is 0.841. The zero-order valence-corrected chi connectivity index (χ0v) is 10.9. The minimum absolute atomic E-state index is 0.358. The molecule has 4 nitrogen and oxygen atoms in total. The van der Waals surface area contributed by atoms with Crippen LogP contribution >= 0.6 is 0 Å². The lowest BCUT2D eigenvalue weighted by molar-refractivity contribution is -0.143. The first-order valence-electron chi connectivity index (χ1n) is 6.70. The summed E-state index contributed by atoms with van der Waals surface area (Å²) < 4.78 is 0. The van der Waals surface area contributed by atoms with Crippen LogP contribution in [-0.4, -0.2) is 40.1 Å². The Balaban J connectivity index is 1.98. The molecule has 0 radical (unpaired) electrons. The lowest BCUT2D eigenvalue weighted by Crippen LogP contribution is -2.48. The van der Waals surface area contributed by atoms with Crippen LogP contribution in [0.4, 0.5) is 0 Å². The van der Waals surface area contributed by atoms with Gasteiger partial charge in [0.15, 0.2) is 0 Å². The lowest BCUT2D eigenvalue weighted by Gasteiger charge is -2.33. The van der Waals surface area contributed by atoms with Crippen LogP contribution in [0.2, 0.25) is 0 Å². The van der Waals surface area contributed by atoms with Gasteiger partial charge in [0.2, 0.25) is 0 Å². The van der Waals surface area contributed by atoms with Gasteiger partial charge >= 0.3 is 5.97 Å². The molecule has 2 aliphatic carbocycles. The van der Waals surface area contributed by atoms with E-state index in [0.717, 1.165) is 18.9 Å². The highest BCUT2D eigenvalue weighted by atomic mass is 16.4. The monoisotopic (exact) mass is 240 g/mol. The molecule has 3 N–H and O–H groups in total. The molecule has 0 aromatic carbocycles. The van der Waals surface area contributed by atoms with Crippen LogP contribution < -0.4 is 5.73 Å². The van der Waals surface area contributed by atoms with E-state index < -0.39 is 11.5 Å². The van der Waals surface area contributed by atoms with Crippen molar-refractivity contribution < 1.29 is 9.90 Å². The third kappa shape index (κ3) is 2.80. The van der Waals surface area contributed by atoms with Crippen LogP contribution in [0.15, 0.2) is 0 Å². The van der Waals surface area contributed by atoms with E-state index in [1.807, 2.05) is 0 Å². The number of carbonyl (C=O) groups is 1. The van der Waals surface area contributed by atoms with Crippen LogP contribution in [0.5, 0.6) is 0 Å². The standard InChI is InChI=1S/C13H24N2O2/c1-9(2)15(8-10-3-4-10)11-5-6-13(14,7-11)12(16)17/h9-11H,3-8,14H2,1-2H3,(H,16,17). The number of carboxylic acid groups (broad SMARTS) is 1. The van der Waals surface area contributed by atoms with Crippen LogP contribution in [-0.2, 0) is 4.79 Å². The smallest absolute Gasteiger partial charge is 0.323 e. The number of hydrogen-bond donors (Lipinski definition) is 2. The van der Waals surface area contributed by atoms with Crippen LogP contribution in [0.3, 0.4) is 0 Å². The van der Waals surface area contributed by atoms with Crippen molar-refractivity contribution in [3.05, 3.63) is 0 Å². The van der Waals surface area contributed by atoms with E-state index in [4.69, 9.17) is 10.8 Å². The predicted octanol–water partition coefficient (Wildman–Crippen LogP) is 1.44. The Labute approximate surface area is 103 Å². The van der Waals surface area contributed by atoms with E-state index in [9.17, 15) is 4.79 Å². The molecule has 0 aromatic rings. The molecule has 0 heterocycles. The summed E-state index contributed by atoms with van der Waals surface area (Å²) in [4.78, 5) is 13.6. The Bertz CT molecular complexity index is 302. The third-order valence-corrected chi connectivity index (χ3v) is 4.25. The summed E-state index contributed by atoms with van der Waals surface area (Å²) in [5.74, 6) is 0.00475. The molecule has 0 aromatic heterocycles. The average Bonchev–Trinajstić information content (AvgIpc) is 2.97. The van der Waals surface area contributed by atoms with Gasteiger partial charge in [-0.3, -0.25) is 9.69 Å². The summed E-state index contributed by atoms with van der Waals surface area (Å²) in [5.41, 5.74) is 4.97. The molecular formula is C13H24N2O2. The maximum Gasteiger partial charge on any atom is 0.323 e. The molecule has 4 heteroatoms. The summed E-state index contributed by atoms with van der Waals surface area (Å²) in [5, 5.41) is 9.16. The van der Waals surface area contributed by atoms with Gasteiger partial charge in [0.1, 0.15) is 5.54 Å². The lowest BCUT2D eigenvalue weighted by atomic mass is 9.99. The summed E-state index contributed by atoms with van der Waals surface area (Å²) in [7, 11) is 0. The van der Waals surface area contributed by atoms with Gasteiger partial charge in [-0.05, 0) is 51.9 Å². The minimum atomic E-state index is -0.985. The minimum Gasteiger partial charge on any atom is -0.480 e.